The lowest BCUT2D eigenvalue weighted by Gasteiger charge is -2.09. The van der Waals surface area contributed by atoms with Crippen LogP contribution in [0.2, 0.25) is 0 Å². The first-order valence-electron chi connectivity index (χ1n) is 4.84. The van der Waals surface area contributed by atoms with Gasteiger partial charge in [-0.2, -0.15) is 0 Å². The first kappa shape index (κ1) is 12.5. The molecule has 1 atom stereocenters. The number of aliphatic hydroxyl groups is 2. The highest BCUT2D eigenvalue weighted by Gasteiger charge is 2.04. The molecule has 0 spiro atoms. The van der Waals surface area contributed by atoms with Crippen molar-refractivity contribution in [2.75, 3.05) is 13.2 Å². The lowest BCUT2D eigenvalue weighted by Crippen LogP contribution is -2.21. The first-order chi connectivity index (χ1) is 7.61. The predicted octanol–water partition coefficient (Wildman–Crippen LogP) is 0.0457. The number of rotatable bonds is 6. The van der Waals surface area contributed by atoms with E-state index in [1.807, 2.05) is 0 Å². The zero-order valence-corrected chi connectivity index (χ0v) is 8.67. The molecule has 0 aliphatic heterocycles. The largest absolute Gasteiger partial charge is 0.491 e. The molecule has 0 amide bonds. The van der Waals surface area contributed by atoms with E-state index in [0.717, 1.165) is 0 Å². The molecule has 0 saturated heterocycles. The molecule has 0 aliphatic carbocycles. The van der Waals surface area contributed by atoms with Crippen molar-refractivity contribution in [3.8, 4) is 5.75 Å². The van der Waals surface area contributed by atoms with Crippen molar-refractivity contribution in [1.29, 1.82) is 0 Å². The molecule has 16 heavy (non-hydrogen) atoms. The zero-order chi connectivity index (χ0) is 12.0. The second-order valence-corrected chi connectivity index (χ2v) is 3.36. The number of benzene rings is 1. The molecule has 0 aromatic heterocycles. The Labute approximate surface area is 92.9 Å². The van der Waals surface area contributed by atoms with Gasteiger partial charge in [-0.25, -0.2) is 0 Å². The van der Waals surface area contributed by atoms with Crippen LogP contribution >= 0.6 is 0 Å². The molecule has 5 nitrogen and oxygen atoms in total. The number of hydrogen-bond acceptors (Lipinski definition) is 4. The lowest BCUT2D eigenvalue weighted by molar-refractivity contribution is -0.136. The molecule has 0 aliphatic rings. The van der Waals surface area contributed by atoms with Crippen LogP contribution in [0, 0.1) is 0 Å². The molecule has 5 heteroatoms. The molecular weight excluding hydrogens is 212 g/mol. The number of ether oxygens (including phenoxy) is 1. The Bertz CT molecular complexity index is 333. The van der Waals surface area contributed by atoms with Gasteiger partial charge < -0.3 is 20.1 Å². The van der Waals surface area contributed by atoms with Crippen LogP contribution in [0.1, 0.15) is 5.56 Å². The Balaban J connectivity index is 2.48. The Morgan fingerprint density at radius 3 is 2.44 bits per heavy atom. The summed E-state index contributed by atoms with van der Waals surface area (Å²) in [4.78, 5) is 10.4. The van der Waals surface area contributed by atoms with Gasteiger partial charge in [0.15, 0.2) is 0 Å². The first-order valence-corrected chi connectivity index (χ1v) is 4.84. The zero-order valence-electron chi connectivity index (χ0n) is 8.67. The summed E-state index contributed by atoms with van der Waals surface area (Å²) in [6.07, 6.45) is -0.932. The van der Waals surface area contributed by atoms with Crippen LogP contribution in [0.4, 0.5) is 0 Å². The fraction of sp³-hybridized carbons (Fsp3) is 0.364. The van der Waals surface area contributed by atoms with Gasteiger partial charge >= 0.3 is 5.97 Å². The Kier molecular flexibility index (Phi) is 4.75. The van der Waals surface area contributed by atoms with Crippen molar-refractivity contribution < 1.29 is 24.9 Å². The van der Waals surface area contributed by atoms with E-state index in [1.54, 1.807) is 24.3 Å². The summed E-state index contributed by atoms with van der Waals surface area (Å²) < 4.78 is 5.16. The smallest absolute Gasteiger partial charge is 0.307 e. The Morgan fingerprint density at radius 1 is 1.31 bits per heavy atom. The van der Waals surface area contributed by atoms with E-state index in [1.165, 1.54) is 0 Å². The summed E-state index contributed by atoms with van der Waals surface area (Å²) in [5.74, 6) is -0.356. The maximum Gasteiger partial charge on any atom is 0.307 e. The maximum absolute atomic E-state index is 10.4. The van der Waals surface area contributed by atoms with E-state index in [0.29, 0.717) is 11.3 Å². The topological polar surface area (TPSA) is 87.0 Å². The van der Waals surface area contributed by atoms with Crippen LogP contribution in [0.15, 0.2) is 24.3 Å². The third-order valence-corrected chi connectivity index (χ3v) is 1.93. The van der Waals surface area contributed by atoms with Crippen molar-refractivity contribution in [2.45, 2.75) is 12.5 Å². The maximum atomic E-state index is 10.4. The van der Waals surface area contributed by atoms with E-state index in [2.05, 4.69) is 0 Å². The van der Waals surface area contributed by atoms with Crippen molar-refractivity contribution in [1.82, 2.24) is 0 Å². The molecule has 0 bridgehead atoms. The van der Waals surface area contributed by atoms with Gasteiger partial charge in [0, 0.05) is 0 Å². The number of aliphatic hydroxyl groups excluding tert-OH is 2. The number of aliphatic carboxylic acids is 1. The van der Waals surface area contributed by atoms with Gasteiger partial charge in [0.2, 0.25) is 0 Å². The molecule has 1 aromatic rings. The van der Waals surface area contributed by atoms with E-state index >= 15 is 0 Å². The van der Waals surface area contributed by atoms with Crippen molar-refractivity contribution in [3.05, 3.63) is 29.8 Å². The van der Waals surface area contributed by atoms with Crippen molar-refractivity contribution in [3.63, 3.8) is 0 Å². The number of carbonyl (C=O) groups is 1. The van der Waals surface area contributed by atoms with Gasteiger partial charge in [-0.3, -0.25) is 4.79 Å². The third kappa shape index (κ3) is 4.29. The average Bonchev–Trinajstić information content (AvgIpc) is 2.27. The fourth-order valence-electron chi connectivity index (χ4n) is 1.12. The predicted molar refractivity (Wildman–Crippen MR) is 56.4 cm³/mol. The summed E-state index contributed by atoms with van der Waals surface area (Å²) >= 11 is 0. The van der Waals surface area contributed by atoms with E-state index in [4.69, 9.17) is 20.1 Å². The second kappa shape index (κ2) is 6.09. The van der Waals surface area contributed by atoms with Gasteiger partial charge in [-0.15, -0.1) is 0 Å². The summed E-state index contributed by atoms with van der Waals surface area (Å²) in [6, 6.07) is 6.55. The van der Waals surface area contributed by atoms with Crippen molar-refractivity contribution >= 4 is 5.97 Å². The van der Waals surface area contributed by atoms with Gasteiger partial charge in [0.25, 0.3) is 0 Å². The molecule has 1 aromatic carbocycles. The lowest BCUT2D eigenvalue weighted by atomic mass is 10.1. The number of carboxylic acids is 1. The summed E-state index contributed by atoms with van der Waals surface area (Å²) in [5, 5.41) is 26.2. The highest BCUT2D eigenvalue weighted by molar-refractivity contribution is 5.70. The summed E-state index contributed by atoms with van der Waals surface area (Å²) in [7, 11) is 0. The number of hydrogen-bond donors (Lipinski definition) is 3. The Hall–Kier alpha value is -1.59. The van der Waals surface area contributed by atoms with E-state index in [-0.39, 0.29) is 19.6 Å². The van der Waals surface area contributed by atoms with Crippen LogP contribution in [-0.2, 0) is 11.2 Å². The van der Waals surface area contributed by atoms with Crippen LogP contribution in [0.3, 0.4) is 0 Å². The molecule has 0 fully saturated rings. The van der Waals surface area contributed by atoms with Gasteiger partial charge in [0.05, 0.1) is 13.0 Å². The van der Waals surface area contributed by atoms with Crippen LogP contribution in [0.25, 0.3) is 0 Å². The fourth-order valence-corrected chi connectivity index (χ4v) is 1.12. The highest BCUT2D eigenvalue weighted by Crippen LogP contribution is 2.12. The minimum atomic E-state index is -0.904. The quantitative estimate of drug-likeness (QED) is 0.637. The molecular formula is C11H14O5. The minimum Gasteiger partial charge on any atom is -0.491 e. The monoisotopic (exact) mass is 226 g/mol. The summed E-state index contributed by atoms with van der Waals surface area (Å²) in [5.41, 5.74) is 0.683. The summed E-state index contributed by atoms with van der Waals surface area (Å²) in [6.45, 7) is -0.341. The van der Waals surface area contributed by atoms with Crippen molar-refractivity contribution in [2.24, 2.45) is 0 Å². The molecule has 0 heterocycles. The van der Waals surface area contributed by atoms with Crippen LogP contribution < -0.4 is 4.74 Å². The van der Waals surface area contributed by atoms with E-state index < -0.39 is 12.1 Å². The van der Waals surface area contributed by atoms with E-state index in [9.17, 15) is 4.79 Å². The average molecular weight is 226 g/mol. The van der Waals surface area contributed by atoms with Gasteiger partial charge in [-0.1, -0.05) is 12.1 Å². The highest BCUT2D eigenvalue weighted by atomic mass is 16.5. The number of carboxylic acid groups (broad SMARTS) is 1. The standard InChI is InChI=1S/C11H14O5/c12-6-9(13)7-16-10-3-1-8(2-4-10)5-11(14)15/h1-4,9,12-13H,5-7H2,(H,14,15). The third-order valence-electron chi connectivity index (χ3n) is 1.93. The molecule has 0 saturated carbocycles. The molecule has 0 radical (unpaired) electrons. The second-order valence-electron chi connectivity index (χ2n) is 3.36. The Morgan fingerprint density at radius 2 is 1.94 bits per heavy atom. The molecule has 1 unspecified atom stereocenters. The minimum absolute atomic E-state index is 0.00871. The normalized spacial score (nSPS) is 12.1. The van der Waals surface area contributed by atoms with Crippen LogP contribution in [0.5, 0.6) is 5.75 Å². The van der Waals surface area contributed by atoms with Gasteiger partial charge in [0.1, 0.15) is 18.5 Å². The molecule has 3 N–H and O–H groups in total. The van der Waals surface area contributed by atoms with Crippen LogP contribution in [-0.4, -0.2) is 40.6 Å². The van der Waals surface area contributed by atoms with Gasteiger partial charge in [-0.05, 0) is 17.7 Å². The SMILES string of the molecule is O=C(O)Cc1ccc(OCC(O)CO)cc1. The molecule has 88 valence electrons. The molecule has 1 rings (SSSR count).